The molecule has 176 valence electrons. The molecular weight excluding hydrogens is 560 g/mol. The summed E-state index contributed by atoms with van der Waals surface area (Å²) in [5.74, 6) is 0. The van der Waals surface area contributed by atoms with E-state index in [0.29, 0.717) is 9.13 Å². The molecule has 0 atom stereocenters. The minimum Gasteiger partial charge on any atom is -0.258 e. The lowest BCUT2D eigenvalue weighted by atomic mass is 9.87. The number of hydrogen-bond acceptors (Lipinski definition) is 5. The summed E-state index contributed by atoms with van der Waals surface area (Å²) in [5.41, 5.74) is -3.47. The standard InChI is InChI=1S/C11H12F3NO2S.C10H12INO2/c1-10(2,3)7-4-5-8(15(16)17)9(6-7)18-11(12,13)14;1-10(2,3)7-4-5-9(12(13)14)8(11)6-7/h4-6H,1-3H3;4-6H,1-3H3. The number of alkyl halides is 3. The average Bonchev–Trinajstić information content (AvgIpc) is 2.58. The molecule has 0 amide bonds. The molecule has 32 heavy (non-hydrogen) atoms. The van der Waals surface area contributed by atoms with E-state index in [1.165, 1.54) is 12.1 Å². The lowest BCUT2D eigenvalue weighted by molar-refractivity contribution is -0.387. The van der Waals surface area contributed by atoms with E-state index in [9.17, 15) is 33.4 Å². The van der Waals surface area contributed by atoms with Gasteiger partial charge < -0.3 is 0 Å². The summed E-state index contributed by atoms with van der Waals surface area (Å²) < 4.78 is 37.8. The van der Waals surface area contributed by atoms with Gasteiger partial charge >= 0.3 is 5.51 Å². The molecule has 0 heterocycles. The maximum absolute atomic E-state index is 12.4. The van der Waals surface area contributed by atoms with Gasteiger partial charge in [0.15, 0.2) is 0 Å². The van der Waals surface area contributed by atoms with E-state index >= 15 is 0 Å². The Hall–Kier alpha value is -1.89. The van der Waals surface area contributed by atoms with Crippen molar-refractivity contribution in [2.45, 2.75) is 62.8 Å². The summed E-state index contributed by atoms with van der Waals surface area (Å²) in [5, 5.41) is 21.3. The molecule has 2 rings (SSSR count). The SMILES string of the molecule is CC(C)(C)c1ccc([N+](=O)[O-])c(I)c1.CC(C)(C)c1ccc([N+](=O)[O-])c(SC(F)(F)F)c1. The van der Waals surface area contributed by atoms with Crippen molar-refractivity contribution in [3.8, 4) is 0 Å². The Morgan fingerprint density at radius 2 is 1.19 bits per heavy atom. The first kappa shape index (κ1) is 28.1. The van der Waals surface area contributed by atoms with Crippen LogP contribution in [-0.2, 0) is 10.8 Å². The summed E-state index contributed by atoms with van der Waals surface area (Å²) >= 11 is 1.54. The lowest BCUT2D eigenvalue weighted by Crippen LogP contribution is -2.12. The molecule has 0 unspecified atom stereocenters. The molecule has 6 nitrogen and oxygen atoms in total. The van der Waals surface area contributed by atoms with Crippen molar-refractivity contribution in [2.24, 2.45) is 0 Å². The molecule has 2 aromatic carbocycles. The molecule has 0 saturated heterocycles. The summed E-state index contributed by atoms with van der Waals surface area (Å²) in [6.45, 7) is 11.8. The summed E-state index contributed by atoms with van der Waals surface area (Å²) in [7, 11) is 0. The van der Waals surface area contributed by atoms with E-state index < -0.39 is 27.9 Å². The highest BCUT2D eigenvalue weighted by Crippen LogP contribution is 2.42. The van der Waals surface area contributed by atoms with E-state index in [2.05, 4.69) is 20.8 Å². The third-order valence-electron chi connectivity index (χ3n) is 4.26. The molecule has 0 spiro atoms. The normalized spacial score (nSPS) is 12.1. The van der Waals surface area contributed by atoms with Crippen LogP contribution in [0.25, 0.3) is 0 Å². The number of nitro groups is 2. The summed E-state index contributed by atoms with van der Waals surface area (Å²) in [6, 6.07) is 9.10. The second kappa shape index (κ2) is 10.4. The summed E-state index contributed by atoms with van der Waals surface area (Å²) in [6.07, 6.45) is 0. The van der Waals surface area contributed by atoms with Crippen molar-refractivity contribution in [1.82, 2.24) is 0 Å². The van der Waals surface area contributed by atoms with Gasteiger partial charge in [-0.05, 0) is 68.4 Å². The van der Waals surface area contributed by atoms with Crippen LogP contribution >= 0.6 is 34.4 Å². The van der Waals surface area contributed by atoms with Crippen molar-refractivity contribution in [3.63, 3.8) is 0 Å². The maximum atomic E-state index is 12.4. The molecule has 0 N–H and O–H groups in total. The molecule has 0 fully saturated rings. The molecule has 0 bridgehead atoms. The highest BCUT2D eigenvalue weighted by Gasteiger charge is 2.33. The Bertz CT molecular complexity index is 1000. The van der Waals surface area contributed by atoms with E-state index in [1.54, 1.807) is 6.07 Å². The molecule has 0 aromatic heterocycles. The van der Waals surface area contributed by atoms with Gasteiger partial charge in [0.1, 0.15) is 0 Å². The zero-order valence-corrected chi connectivity index (χ0v) is 21.4. The second-order valence-electron chi connectivity index (χ2n) is 8.91. The highest BCUT2D eigenvalue weighted by atomic mass is 127. The fourth-order valence-corrected chi connectivity index (χ4v) is 3.85. The first-order chi connectivity index (χ1) is 14.3. The van der Waals surface area contributed by atoms with Crippen LogP contribution in [0.3, 0.4) is 0 Å². The second-order valence-corrected chi connectivity index (χ2v) is 11.2. The van der Waals surface area contributed by atoms with Crippen molar-refractivity contribution in [2.75, 3.05) is 0 Å². The predicted molar refractivity (Wildman–Crippen MR) is 128 cm³/mol. The Morgan fingerprint density at radius 3 is 1.53 bits per heavy atom. The van der Waals surface area contributed by atoms with Gasteiger partial charge in [0.05, 0.1) is 18.3 Å². The monoisotopic (exact) mass is 584 g/mol. The fraction of sp³-hybridized carbons (Fsp3) is 0.429. The lowest BCUT2D eigenvalue weighted by Gasteiger charge is -2.19. The number of benzene rings is 2. The third-order valence-corrected chi connectivity index (χ3v) is 5.90. The highest BCUT2D eigenvalue weighted by molar-refractivity contribution is 14.1. The molecule has 0 aliphatic heterocycles. The number of halogens is 4. The van der Waals surface area contributed by atoms with Gasteiger partial charge in [-0.1, -0.05) is 53.7 Å². The zero-order valence-electron chi connectivity index (χ0n) is 18.4. The summed E-state index contributed by atoms with van der Waals surface area (Å²) in [4.78, 5) is 19.7. The Kier molecular flexibility index (Phi) is 9.12. The van der Waals surface area contributed by atoms with E-state index in [0.717, 1.165) is 11.6 Å². The molecule has 0 aliphatic rings. The van der Waals surface area contributed by atoms with E-state index in [4.69, 9.17) is 0 Å². The quantitative estimate of drug-likeness (QED) is 0.158. The van der Waals surface area contributed by atoms with E-state index in [-0.39, 0.29) is 26.3 Å². The molecular formula is C21H24F3IN2O4S. The van der Waals surface area contributed by atoms with Crippen LogP contribution in [-0.4, -0.2) is 15.4 Å². The van der Waals surface area contributed by atoms with Gasteiger partial charge in [-0.3, -0.25) is 20.2 Å². The maximum Gasteiger partial charge on any atom is 0.446 e. The Balaban J connectivity index is 0.000000330. The van der Waals surface area contributed by atoms with Crippen molar-refractivity contribution in [3.05, 3.63) is 71.3 Å². The first-order valence-corrected chi connectivity index (χ1v) is 11.2. The van der Waals surface area contributed by atoms with E-state index in [1.807, 2.05) is 55.5 Å². The van der Waals surface area contributed by atoms with Crippen LogP contribution in [0.5, 0.6) is 0 Å². The fourth-order valence-electron chi connectivity index (χ4n) is 2.46. The van der Waals surface area contributed by atoms with Gasteiger partial charge in [0, 0.05) is 12.1 Å². The number of hydrogen-bond donors (Lipinski definition) is 0. The number of rotatable bonds is 3. The van der Waals surface area contributed by atoms with Crippen LogP contribution in [0.4, 0.5) is 24.5 Å². The molecule has 0 aliphatic carbocycles. The van der Waals surface area contributed by atoms with Gasteiger partial charge in [0.2, 0.25) is 0 Å². The van der Waals surface area contributed by atoms with Gasteiger partial charge in [0.25, 0.3) is 11.4 Å². The first-order valence-electron chi connectivity index (χ1n) is 9.32. The van der Waals surface area contributed by atoms with Crippen LogP contribution in [0.1, 0.15) is 52.7 Å². The van der Waals surface area contributed by atoms with Gasteiger partial charge in [-0.2, -0.15) is 13.2 Å². The largest absolute Gasteiger partial charge is 0.446 e. The number of nitro benzene ring substituents is 2. The van der Waals surface area contributed by atoms with Gasteiger partial charge in [-0.15, -0.1) is 0 Å². The average molecular weight is 584 g/mol. The predicted octanol–water partition coefficient (Wildman–Crippen LogP) is 8.00. The topological polar surface area (TPSA) is 86.3 Å². The third kappa shape index (κ3) is 8.57. The smallest absolute Gasteiger partial charge is 0.258 e. The number of nitrogens with zero attached hydrogens (tertiary/aromatic N) is 2. The minimum absolute atomic E-state index is 0.0368. The number of thioether (sulfide) groups is 1. The molecule has 0 radical (unpaired) electrons. The minimum atomic E-state index is -4.54. The van der Waals surface area contributed by atoms with Crippen molar-refractivity contribution < 1.29 is 23.0 Å². The molecule has 11 heteroatoms. The zero-order chi connectivity index (χ0) is 25.1. The van der Waals surface area contributed by atoms with Crippen LogP contribution in [0.15, 0.2) is 41.3 Å². The van der Waals surface area contributed by atoms with Crippen LogP contribution in [0.2, 0.25) is 0 Å². The Morgan fingerprint density at radius 1 is 0.781 bits per heavy atom. The Labute approximate surface area is 202 Å². The van der Waals surface area contributed by atoms with Crippen LogP contribution < -0.4 is 0 Å². The van der Waals surface area contributed by atoms with Crippen LogP contribution in [0, 0.1) is 23.8 Å². The molecule has 0 saturated carbocycles. The molecule has 2 aromatic rings. The van der Waals surface area contributed by atoms with Crippen molar-refractivity contribution in [1.29, 1.82) is 0 Å². The van der Waals surface area contributed by atoms with Gasteiger partial charge in [-0.25, -0.2) is 0 Å². The van der Waals surface area contributed by atoms with Crippen molar-refractivity contribution >= 4 is 45.7 Å².